The summed E-state index contributed by atoms with van der Waals surface area (Å²) in [6, 6.07) is 9.00. The number of aliphatic carboxylic acids is 1. The number of amides is 1. The van der Waals surface area contributed by atoms with E-state index in [0.29, 0.717) is 11.8 Å². The lowest BCUT2D eigenvalue weighted by Gasteiger charge is -2.57. The third kappa shape index (κ3) is 4.42. The Hall–Kier alpha value is -2.70. The van der Waals surface area contributed by atoms with Gasteiger partial charge in [-0.2, -0.15) is 0 Å². The van der Waals surface area contributed by atoms with Gasteiger partial charge in [-0.05, 0) is 90.5 Å². The summed E-state index contributed by atoms with van der Waals surface area (Å²) in [4.78, 5) is 22.7. The molecule has 1 aromatic carbocycles. The van der Waals surface area contributed by atoms with Crippen LogP contribution in [0.5, 0.6) is 0 Å². The SMILES string of the molecule is NNC(=O)COC1(C=CC(=O)O)C=CC(c2cccc(C34CC5CC(CC(C5)C3)C4)c2)=CC1. The summed E-state index contributed by atoms with van der Waals surface area (Å²) in [7, 11) is 0. The molecule has 0 aromatic heterocycles. The summed E-state index contributed by atoms with van der Waals surface area (Å²) in [5, 5.41) is 9.08. The fourth-order valence-electron chi connectivity index (χ4n) is 7.08. The number of hydrogen-bond acceptors (Lipinski definition) is 4. The quantitative estimate of drug-likeness (QED) is 0.254. The number of nitrogens with one attached hydrogen (secondary N) is 1. The molecule has 1 atom stereocenters. The van der Waals surface area contributed by atoms with Crippen LogP contribution in [0.25, 0.3) is 5.57 Å². The van der Waals surface area contributed by atoms with Crippen molar-refractivity contribution in [1.29, 1.82) is 0 Å². The number of carboxylic acids is 1. The van der Waals surface area contributed by atoms with Crippen molar-refractivity contribution in [3.05, 3.63) is 65.8 Å². The van der Waals surface area contributed by atoms with Crippen LogP contribution in [0.15, 0.2) is 54.6 Å². The number of carbonyl (C=O) groups excluding carboxylic acids is 1. The minimum atomic E-state index is -1.06. The molecule has 1 aromatic rings. The Kier molecular flexibility index (Phi) is 5.75. The first-order chi connectivity index (χ1) is 15.9. The maximum Gasteiger partial charge on any atom is 0.328 e. The number of allylic oxidation sites excluding steroid dienone is 2. The van der Waals surface area contributed by atoms with Crippen molar-refractivity contribution in [2.75, 3.05) is 6.61 Å². The minimum absolute atomic E-state index is 0.254. The number of benzene rings is 1. The van der Waals surface area contributed by atoms with Crippen molar-refractivity contribution in [1.82, 2.24) is 5.43 Å². The lowest BCUT2D eigenvalue weighted by molar-refractivity contribution is -0.131. The second-order valence-corrected chi connectivity index (χ2v) is 10.5. The summed E-state index contributed by atoms with van der Waals surface area (Å²) in [5.41, 5.74) is 5.13. The molecule has 0 aliphatic heterocycles. The van der Waals surface area contributed by atoms with Crippen molar-refractivity contribution in [3.8, 4) is 0 Å². The Labute approximate surface area is 194 Å². The van der Waals surface area contributed by atoms with E-state index in [-0.39, 0.29) is 6.61 Å². The molecule has 6 heteroatoms. The van der Waals surface area contributed by atoms with Crippen molar-refractivity contribution >= 4 is 17.4 Å². The van der Waals surface area contributed by atoms with Gasteiger partial charge in [-0.25, -0.2) is 10.6 Å². The molecule has 6 rings (SSSR count). The van der Waals surface area contributed by atoms with Gasteiger partial charge in [-0.3, -0.25) is 10.2 Å². The fourth-order valence-corrected chi connectivity index (χ4v) is 7.08. The van der Waals surface area contributed by atoms with Crippen LogP contribution in [-0.2, 0) is 19.7 Å². The largest absolute Gasteiger partial charge is 0.478 e. The number of nitrogens with two attached hydrogens (primary N) is 1. The summed E-state index contributed by atoms with van der Waals surface area (Å²) in [6.07, 6.45) is 17.1. The summed E-state index contributed by atoms with van der Waals surface area (Å²) in [6.45, 7) is -0.254. The molecule has 4 saturated carbocycles. The number of hydrogen-bond donors (Lipinski definition) is 3. The molecule has 0 saturated heterocycles. The average Bonchev–Trinajstić information content (AvgIpc) is 2.81. The summed E-state index contributed by atoms with van der Waals surface area (Å²) >= 11 is 0. The number of rotatable bonds is 7. The first-order valence-corrected chi connectivity index (χ1v) is 11.9. The van der Waals surface area contributed by atoms with E-state index in [0.717, 1.165) is 29.4 Å². The predicted octanol–water partition coefficient (Wildman–Crippen LogP) is 3.88. The molecule has 4 fully saturated rings. The number of ether oxygens (including phenoxy) is 1. The molecular weight excluding hydrogens is 416 g/mol. The molecule has 4 N–H and O–H groups in total. The van der Waals surface area contributed by atoms with E-state index < -0.39 is 17.5 Å². The molecule has 6 nitrogen and oxygen atoms in total. The van der Waals surface area contributed by atoms with Crippen LogP contribution in [0.3, 0.4) is 0 Å². The molecule has 4 bridgehead atoms. The standard InChI is InChI=1S/C27H32N2O4/c28-29-24(30)17-33-27(9-6-25(31)32)7-4-21(5-8-27)22-2-1-3-23(13-22)26-14-18-10-19(15-26)12-20(11-18)16-26/h1-7,9,13,18-20H,8,10-12,14-17,28H2,(H,29,30)(H,31,32). The van der Waals surface area contributed by atoms with Crippen LogP contribution < -0.4 is 11.3 Å². The first-order valence-electron chi connectivity index (χ1n) is 11.9. The Morgan fingerprint density at radius 2 is 1.85 bits per heavy atom. The normalized spacial score (nSPS) is 34.5. The highest BCUT2D eigenvalue weighted by atomic mass is 16.5. The second kappa shape index (κ2) is 8.58. The van der Waals surface area contributed by atoms with Crippen LogP contribution in [-0.4, -0.2) is 29.2 Å². The lowest BCUT2D eigenvalue weighted by atomic mass is 9.48. The van der Waals surface area contributed by atoms with Gasteiger partial charge in [0.25, 0.3) is 5.91 Å². The molecule has 174 valence electrons. The zero-order valence-electron chi connectivity index (χ0n) is 18.8. The van der Waals surface area contributed by atoms with E-state index >= 15 is 0 Å². The maximum absolute atomic E-state index is 11.6. The lowest BCUT2D eigenvalue weighted by Crippen LogP contribution is -2.48. The molecule has 33 heavy (non-hydrogen) atoms. The van der Waals surface area contributed by atoms with Crippen molar-refractivity contribution in [3.63, 3.8) is 0 Å². The van der Waals surface area contributed by atoms with Gasteiger partial charge in [0.15, 0.2) is 0 Å². The molecule has 5 aliphatic carbocycles. The van der Waals surface area contributed by atoms with Crippen LogP contribution in [0.2, 0.25) is 0 Å². The minimum Gasteiger partial charge on any atom is -0.478 e. The third-order valence-corrected chi connectivity index (χ3v) is 8.17. The highest BCUT2D eigenvalue weighted by Gasteiger charge is 2.51. The first kappa shape index (κ1) is 22.1. The zero-order valence-corrected chi connectivity index (χ0v) is 18.8. The molecule has 0 spiro atoms. The highest BCUT2D eigenvalue weighted by Crippen LogP contribution is 2.60. The van der Waals surface area contributed by atoms with E-state index in [1.807, 2.05) is 17.6 Å². The van der Waals surface area contributed by atoms with Crippen molar-refractivity contribution in [2.24, 2.45) is 23.6 Å². The van der Waals surface area contributed by atoms with E-state index in [9.17, 15) is 9.59 Å². The van der Waals surface area contributed by atoms with Gasteiger partial charge in [0, 0.05) is 12.5 Å². The van der Waals surface area contributed by atoms with E-state index in [1.54, 1.807) is 0 Å². The smallest absolute Gasteiger partial charge is 0.328 e. The topological polar surface area (TPSA) is 102 Å². The predicted molar refractivity (Wildman–Crippen MR) is 126 cm³/mol. The van der Waals surface area contributed by atoms with Gasteiger partial charge in [-0.15, -0.1) is 0 Å². The van der Waals surface area contributed by atoms with Crippen molar-refractivity contribution in [2.45, 2.75) is 56.0 Å². The number of carbonyl (C=O) groups is 2. The van der Waals surface area contributed by atoms with Gasteiger partial charge >= 0.3 is 5.97 Å². The number of carboxylic acid groups (broad SMARTS) is 1. The fraction of sp³-hybridized carbons (Fsp3) is 0.481. The van der Waals surface area contributed by atoms with Crippen molar-refractivity contribution < 1.29 is 19.4 Å². The van der Waals surface area contributed by atoms with E-state index in [1.165, 1.54) is 55.7 Å². The van der Waals surface area contributed by atoms with Gasteiger partial charge in [0.05, 0.1) is 0 Å². The van der Waals surface area contributed by atoms with E-state index in [2.05, 4.69) is 30.3 Å². The molecule has 1 amide bonds. The van der Waals surface area contributed by atoms with Crippen LogP contribution in [0, 0.1) is 17.8 Å². The third-order valence-electron chi connectivity index (χ3n) is 8.17. The van der Waals surface area contributed by atoms with Crippen LogP contribution in [0.1, 0.15) is 56.1 Å². The summed E-state index contributed by atoms with van der Waals surface area (Å²) < 4.78 is 5.77. The van der Waals surface area contributed by atoms with Gasteiger partial charge in [0.2, 0.25) is 0 Å². The average molecular weight is 449 g/mol. The van der Waals surface area contributed by atoms with Gasteiger partial charge in [0.1, 0.15) is 12.2 Å². The van der Waals surface area contributed by atoms with E-state index in [4.69, 9.17) is 15.7 Å². The maximum atomic E-state index is 11.6. The molecule has 0 heterocycles. The second-order valence-electron chi connectivity index (χ2n) is 10.5. The Morgan fingerprint density at radius 1 is 1.15 bits per heavy atom. The van der Waals surface area contributed by atoms with Crippen LogP contribution in [0.4, 0.5) is 0 Å². The Morgan fingerprint density at radius 3 is 2.42 bits per heavy atom. The molecular formula is C27H32N2O4. The Balaban J connectivity index is 1.37. The molecule has 5 aliphatic rings. The Bertz CT molecular complexity index is 1010. The van der Waals surface area contributed by atoms with Crippen LogP contribution >= 0.6 is 0 Å². The molecule has 0 radical (unpaired) electrons. The zero-order chi connectivity index (χ0) is 23.1. The van der Waals surface area contributed by atoms with Gasteiger partial charge < -0.3 is 9.84 Å². The number of hydrazine groups is 1. The van der Waals surface area contributed by atoms with Gasteiger partial charge in [-0.1, -0.05) is 36.4 Å². The molecule has 1 unspecified atom stereocenters. The summed E-state index contributed by atoms with van der Waals surface area (Å²) in [5.74, 6) is 6.32. The highest BCUT2D eigenvalue weighted by molar-refractivity contribution is 5.81. The monoisotopic (exact) mass is 448 g/mol.